The second-order valence-electron chi connectivity index (χ2n) is 5.59. The molecular formula is C17H21N3O2. The van der Waals surface area contributed by atoms with Crippen LogP contribution in [0.5, 0.6) is 0 Å². The molecule has 0 saturated carbocycles. The van der Waals surface area contributed by atoms with Crippen molar-refractivity contribution in [1.82, 2.24) is 4.98 Å². The topological polar surface area (TPSA) is 65.2 Å². The van der Waals surface area contributed by atoms with Crippen LogP contribution in [0.1, 0.15) is 29.9 Å². The first-order chi connectivity index (χ1) is 10.4. The zero-order valence-corrected chi connectivity index (χ0v) is 13.3. The van der Waals surface area contributed by atoms with Crippen molar-refractivity contribution in [2.45, 2.75) is 26.8 Å². The quantitative estimate of drug-likeness (QED) is 0.912. The van der Waals surface area contributed by atoms with Gasteiger partial charge in [-0.1, -0.05) is 6.07 Å². The van der Waals surface area contributed by atoms with E-state index < -0.39 is 5.91 Å². The van der Waals surface area contributed by atoms with Gasteiger partial charge in [0.2, 0.25) is 0 Å². The molecule has 2 rings (SSSR count). The summed E-state index contributed by atoms with van der Waals surface area (Å²) in [5.74, 6) is -0.411. The summed E-state index contributed by atoms with van der Waals surface area (Å²) in [4.78, 5) is 28.8. The fraction of sp³-hybridized carbons (Fsp3) is 0.294. The molecule has 0 fully saturated rings. The molecule has 2 aromatic rings. The molecule has 0 bridgehead atoms. The van der Waals surface area contributed by atoms with E-state index in [-0.39, 0.29) is 11.1 Å². The van der Waals surface area contributed by atoms with Crippen LogP contribution >= 0.6 is 0 Å². The fourth-order valence-electron chi connectivity index (χ4n) is 2.05. The molecule has 0 radical (unpaired) electrons. The average molecular weight is 299 g/mol. The fourth-order valence-corrected chi connectivity index (χ4v) is 2.05. The van der Waals surface area contributed by atoms with Crippen molar-refractivity contribution in [3.8, 4) is 0 Å². The second-order valence-corrected chi connectivity index (χ2v) is 5.59. The first-order valence-corrected chi connectivity index (χ1v) is 7.22. The van der Waals surface area contributed by atoms with Crippen molar-refractivity contribution >= 4 is 17.3 Å². The Bertz CT molecular complexity index is 735. The van der Waals surface area contributed by atoms with E-state index >= 15 is 0 Å². The number of amides is 1. The lowest BCUT2D eigenvalue weighted by Gasteiger charge is -2.24. The molecule has 0 aliphatic rings. The maximum atomic E-state index is 12.2. The molecule has 0 atom stereocenters. The van der Waals surface area contributed by atoms with E-state index in [1.165, 1.54) is 6.07 Å². The predicted molar refractivity (Wildman–Crippen MR) is 89.7 cm³/mol. The number of anilines is 2. The van der Waals surface area contributed by atoms with Gasteiger partial charge >= 0.3 is 0 Å². The van der Waals surface area contributed by atoms with Crippen LogP contribution in [0.3, 0.4) is 0 Å². The van der Waals surface area contributed by atoms with Crippen molar-refractivity contribution in [1.29, 1.82) is 0 Å². The van der Waals surface area contributed by atoms with Crippen molar-refractivity contribution in [3.63, 3.8) is 0 Å². The number of aromatic amines is 1. The van der Waals surface area contributed by atoms with E-state index in [9.17, 15) is 9.59 Å². The first kappa shape index (κ1) is 15.8. The second kappa shape index (κ2) is 6.47. The summed E-state index contributed by atoms with van der Waals surface area (Å²) in [5.41, 5.74) is 2.11. The highest BCUT2D eigenvalue weighted by molar-refractivity contribution is 6.04. The Morgan fingerprint density at radius 3 is 2.59 bits per heavy atom. The largest absolute Gasteiger partial charge is 0.372 e. The molecule has 1 amide bonds. The number of carbonyl (C=O) groups excluding carboxylic acids is 1. The van der Waals surface area contributed by atoms with Crippen LogP contribution in [0.15, 0.2) is 41.2 Å². The van der Waals surface area contributed by atoms with Gasteiger partial charge in [0.1, 0.15) is 5.56 Å². The summed E-state index contributed by atoms with van der Waals surface area (Å²) in [6, 6.07) is 11.1. The maximum Gasteiger partial charge on any atom is 0.261 e. The highest BCUT2D eigenvalue weighted by atomic mass is 16.2. The molecule has 2 N–H and O–H groups in total. The number of hydrogen-bond acceptors (Lipinski definition) is 3. The summed E-state index contributed by atoms with van der Waals surface area (Å²) in [6.07, 6.45) is 0. The molecule has 0 aliphatic heterocycles. The first-order valence-electron chi connectivity index (χ1n) is 7.22. The standard InChI is InChI=1S/C17H21N3O2/c1-11(2)20(4)14-7-5-6-13(10-14)19-17(22)15-9-8-12(3)18-16(15)21/h5-11H,1-4H3,(H,18,21)(H,19,22). The van der Waals surface area contributed by atoms with Crippen LogP contribution in [0.25, 0.3) is 0 Å². The summed E-state index contributed by atoms with van der Waals surface area (Å²) in [6.45, 7) is 5.96. The molecule has 0 unspecified atom stereocenters. The minimum absolute atomic E-state index is 0.105. The van der Waals surface area contributed by atoms with E-state index in [4.69, 9.17) is 0 Å². The molecule has 1 aromatic heterocycles. The van der Waals surface area contributed by atoms with E-state index in [0.29, 0.717) is 11.7 Å². The predicted octanol–water partition coefficient (Wildman–Crippen LogP) is 2.78. The van der Waals surface area contributed by atoms with Crippen molar-refractivity contribution in [2.75, 3.05) is 17.3 Å². The lowest BCUT2D eigenvalue weighted by atomic mass is 10.2. The van der Waals surface area contributed by atoms with E-state index in [2.05, 4.69) is 29.0 Å². The summed E-state index contributed by atoms with van der Waals surface area (Å²) in [7, 11) is 2.00. The number of benzene rings is 1. The number of pyridine rings is 1. The Morgan fingerprint density at radius 1 is 1.23 bits per heavy atom. The molecule has 0 spiro atoms. The number of aromatic nitrogens is 1. The highest BCUT2D eigenvalue weighted by Gasteiger charge is 2.12. The van der Waals surface area contributed by atoms with Crippen molar-refractivity contribution in [3.05, 3.63) is 58.0 Å². The van der Waals surface area contributed by atoms with Gasteiger partial charge in [-0.3, -0.25) is 9.59 Å². The normalized spacial score (nSPS) is 10.6. The third kappa shape index (κ3) is 3.55. The number of nitrogens with one attached hydrogen (secondary N) is 2. The summed E-state index contributed by atoms with van der Waals surface area (Å²) >= 11 is 0. The van der Waals surface area contributed by atoms with Gasteiger partial charge in [0.25, 0.3) is 11.5 Å². The Kier molecular flexibility index (Phi) is 4.65. The SMILES string of the molecule is Cc1ccc(C(=O)Nc2cccc(N(C)C(C)C)c2)c(=O)[nH]1. The number of hydrogen-bond donors (Lipinski definition) is 2. The number of rotatable bonds is 4. The van der Waals surface area contributed by atoms with Gasteiger partial charge in [-0.05, 0) is 51.1 Å². The maximum absolute atomic E-state index is 12.2. The molecule has 0 aliphatic carbocycles. The Balaban J connectivity index is 2.22. The third-order valence-electron chi connectivity index (χ3n) is 3.59. The van der Waals surface area contributed by atoms with Crippen LogP contribution in [0, 0.1) is 6.92 Å². The van der Waals surface area contributed by atoms with Gasteiger partial charge < -0.3 is 15.2 Å². The van der Waals surface area contributed by atoms with Gasteiger partial charge in [-0.25, -0.2) is 0 Å². The highest BCUT2D eigenvalue weighted by Crippen LogP contribution is 2.20. The zero-order chi connectivity index (χ0) is 16.3. The number of H-pyrrole nitrogens is 1. The summed E-state index contributed by atoms with van der Waals surface area (Å²) < 4.78 is 0. The minimum Gasteiger partial charge on any atom is -0.372 e. The van der Waals surface area contributed by atoms with E-state index in [0.717, 1.165) is 11.4 Å². The van der Waals surface area contributed by atoms with Crippen LogP contribution in [0.2, 0.25) is 0 Å². The smallest absolute Gasteiger partial charge is 0.261 e. The Morgan fingerprint density at radius 2 is 1.95 bits per heavy atom. The van der Waals surface area contributed by atoms with Gasteiger partial charge in [0, 0.05) is 30.2 Å². The van der Waals surface area contributed by atoms with Gasteiger partial charge in [-0.2, -0.15) is 0 Å². The van der Waals surface area contributed by atoms with Gasteiger partial charge in [0.15, 0.2) is 0 Å². The number of nitrogens with zero attached hydrogens (tertiary/aromatic N) is 1. The number of carbonyl (C=O) groups is 1. The molecule has 22 heavy (non-hydrogen) atoms. The minimum atomic E-state index is -0.411. The molecule has 116 valence electrons. The summed E-state index contributed by atoms with van der Waals surface area (Å²) in [5, 5.41) is 2.77. The lowest BCUT2D eigenvalue weighted by Crippen LogP contribution is -2.26. The van der Waals surface area contributed by atoms with Crippen molar-refractivity contribution < 1.29 is 4.79 Å². The van der Waals surface area contributed by atoms with E-state index in [1.54, 1.807) is 19.1 Å². The number of aryl methyl sites for hydroxylation is 1. The molecule has 5 heteroatoms. The third-order valence-corrected chi connectivity index (χ3v) is 3.59. The Hall–Kier alpha value is -2.56. The molecule has 0 saturated heterocycles. The molecular weight excluding hydrogens is 278 g/mol. The van der Waals surface area contributed by atoms with Crippen LogP contribution in [-0.2, 0) is 0 Å². The van der Waals surface area contributed by atoms with E-state index in [1.807, 2.05) is 25.2 Å². The van der Waals surface area contributed by atoms with Crippen molar-refractivity contribution in [2.24, 2.45) is 0 Å². The van der Waals surface area contributed by atoms with Gasteiger partial charge in [-0.15, -0.1) is 0 Å². The Labute approximate surface area is 130 Å². The molecule has 5 nitrogen and oxygen atoms in total. The molecule has 1 aromatic carbocycles. The zero-order valence-electron chi connectivity index (χ0n) is 13.3. The van der Waals surface area contributed by atoms with Crippen LogP contribution in [-0.4, -0.2) is 24.0 Å². The van der Waals surface area contributed by atoms with Crippen LogP contribution < -0.4 is 15.8 Å². The van der Waals surface area contributed by atoms with Crippen LogP contribution in [0.4, 0.5) is 11.4 Å². The lowest BCUT2D eigenvalue weighted by molar-refractivity contribution is 0.102. The van der Waals surface area contributed by atoms with Gasteiger partial charge in [0.05, 0.1) is 0 Å². The monoisotopic (exact) mass is 299 g/mol. The average Bonchev–Trinajstić information content (AvgIpc) is 2.46. The molecule has 1 heterocycles.